The van der Waals surface area contributed by atoms with E-state index in [0.29, 0.717) is 18.5 Å². The molecule has 0 aromatic carbocycles. The number of amides is 1. The first-order valence-corrected chi connectivity index (χ1v) is 6.19. The standard InChI is InChI=1S/C12H20N4O/c1-9(2)5-13-11-6-14-16(7-11)8-12(17)15-10-3-4-10/h6-7,9-10,13H,3-5,8H2,1-2H3,(H,15,17). The van der Waals surface area contributed by atoms with Crippen molar-refractivity contribution in [3.05, 3.63) is 12.4 Å². The van der Waals surface area contributed by atoms with Gasteiger partial charge in [-0.1, -0.05) is 13.8 Å². The summed E-state index contributed by atoms with van der Waals surface area (Å²) < 4.78 is 1.67. The number of anilines is 1. The molecule has 17 heavy (non-hydrogen) atoms. The highest BCUT2D eigenvalue weighted by atomic mass is 16.2. The van der Waals surface area contributed by atoms with E-state index >= 15 is 0 Å². The Hall–Kier alpha value is -1.52. The number of hydrogen-bond donors (Lipinski definition) is 2. The van der Waals surface area contributed by atoms with Crippen LogP contribution in [0.15, 0.2) is 12.4 Å². The predicted molar refractivity (Wildman–Crippen MR) is 66.7 cm³/mol. The van der Waals surface area contributed by atoms with Crippen LogP contribution in [0.2, 0.25) is 0 Å². The van der Waals surface area contributed by atoms with E-state index in [-0.39, 0.29) is 5.91 Å². The summed E-state index contributed by atoms with van der Waals surface area (Å²) in [7, 11) is 0. The van der Waals surface area contributed by atoms with Crippen LogP contribution in [0.4, 0.5) is 5.69 Å². The molecule has 2 N–H and O–H groups in total. The lowest BCUT2D eigenvalue weighted by Gasteiger charge is -2.05. The summed E-state index contributed by atoms with van der Waals surface area (Å²) >= 11 is 0. The number of carbonyl (C=O) groups is 1. The molecule has 5 heteroatoms. The maximum atomic E-state index is 11.5. The molecule has 0 unspecified atom stereocenters. The van der Waals surface area contributed by atoms with E-state index in [1.54, 1.807) is 10.9 Å². The van der Waals surface area contributed by atoms with Gasteiger partial charge in [-0.05, 0) is 18.8 Å². The van der Waals surface area contributed by atoms with Crippen molar-refractivity contribution in [2.75, 3.05) is 11.9 Å². The monoisotopic (exact) mass is 236 g/mol. The molecule has 1 aromatic rings. The molecule has 0 atom stereocenters. The third-order valence-corrected chi connectivity index (χ3v) is 2.60. The van der Waals surface area contributed by atoms with Crippen LogP contribution < -0.4 is 10.6 Å². The van der Waals surface area contributed by atoms with E-state index in [2.05, 4.69) is 29.6 Å². The zero-order valence-corrected chi connectivity index (χ0v) is 10.4. The minimum Gasteiger partial charge on any atom is -0.382 e. The molecule has 5 nitrogen and oxygen atoms in total. The molecule has 1 aliphatic rings. The molecule has 0 spiro atoms. The van der Waals surface area contributed by atoms with Gasteiger partial charge in [0.1, 0.15) is 6.54 Å². The Labute approximate surface area is 102 Å². The Morgan fingerprint density at radius 3 is 3.00 bits per heavy atom. The van der Waals surface area contributed by atoms with E-state index in [9.17, 15) is 4.79 Å². The molecule has 0 radical (unpaired) electrons. The van der Waals surface area contributed by atoms with Gasteiger partial charge in [0.2, 0.25) is 5.91 Å². The van der Waals surface area contributed by atoms with Crippen LogP contribution in [0.25, 0.3) is 0 Å². The van der Waals surface area contributed by atoms with Gasteiger partial charge >= 0.3 is 0 Å². The Balaban J connectivity index is 1.78. The first-order valence-electron chi connectivity index (χ1n) is 6.19. The van der Waals surface area contributed by atoms with Crippen LogP contribution in [0.1, 0.15) is 26.7 Å². The second-order valence-electron chi connectivity index (χ2n) is 5.04. The van der Waals surface area contributed by atoms with Crippen LogP contribution in [0.3, 0.4) is 0 Å². The van der Waals surface area contributed by atoms with Gasteiger partial charge in [0.05, 0.1) is 11.9 Å². The fourth-order valence-electron chi connectivity index (χ4n) is 1.51. The number of carbonyl (C=O) groups excluding carboxylic acids is 1. The van der Waals surface area contributed by atoms with Crippen molar-refractivity contribution in [1.29, 1.82) is 0 Å². The molecule has 1 amide bonds. The summed E-state index contributed by atoms with van der Waals surface area (Å²) in [5.74, 6) is 0.641. The zero-order valence-electron chi connectivity index (χ0n) is 10.4. The molecule has 0 saturated heterocycles. The summed E-state index contributed by atoms with van der Waals surface area (Å²) in [4.78, 5) is 11.5. The SMILES string of the molecule is CC(C)CNc1cnn(CC(=O)NC2CC2)c1. The predicted octanol–water partition coefficient (Wildman–Crippen LogP) is 1.23. The van der Waals surface area contributed by atoms with Gasteiger partial charge in [0, 0.05) is 18.8 Å². The second-order valence-corrected chi connectivity index (χ2v) is 5.04. The molecular formula is C12H20N4O. The highest BCUT2D eigenvalue weighted by Crippen LogP contribution is 2.18. The topological polar surface area (TPSA) is 59.0 Å². The highest BCUT2D eigenvalue weighted by molar-refractivity contribution is 5.76. The summed E-state index contributed by atoms with van der Waals surface area (Å²) in [5, 5.41) is 10.4. The molecule has 0 bridgehead atoms. The number of rotatable bonds is 6. The molecule has 1 aliphatic carbocycles. The average molecular weight is 236 g/mol. The fraction of sp³-hybridized carbons (Fsp3) is 0.667. The van der Waals surface area contributed by atoms with Crippen molar-refractivity contribution < 1.29 is 4.79 Å². The van der Waals surface area contributed by atoms with Crippen LogP contribution >= 0.6 is 0 Å². The van der Waals surface area contributed by atoms with Gasteiger partial charge in [-0.15, -0.1) is 0 Å². The van der Waals surface area contributed by atoms with E-state index in [0.717, 1.165) is 25.1 Å². The van der Waals surface area contributed by atoms with E-state index in [1.807, 2.05) is 6.20 Å². The Morgan fingerprint density at radius 2 is 2.35 bits per heavy atom. The number of nitrogens with zero attached hydrogens (tertiary/aromatic N) is 2. The minimum absolute atomic E-state index is 0.0472. The van der Waals surface area contributed by atoms with Gasteiger partial charge in [0.25, 0.3) is 0 Å². The van der Waals surface area contributed by atoms with Gasteiger partial charge in [-0.2, -0.15) is 5.10 Å². The molecule has 2 rings (SSSR count). The number of nitrogens with one attached hydrogen (secondary N) is 2. The molecule has 94 valence electrons. The maximum Gasteiger partial charge on any atom is 0.241 e. The Morgan fingerprint density at radius 1 is 1.59 bits per heavy atom. The third-order valence-electron chi connectivity index (χ3n) is 2.60. The van der Waals surface area contributed by atoms with Crippen molar-refractivity contribution >= 4 is 11.6 Å². The molecule has 0 aliphatic heterocycles. The summed E-state index contributed by atoms with van der Waals surface area (Å²) in [6.45, 7) is 5.53. The average Bonchev–Trinajstić information content (AvgIpc) is 2.94. The van der Waals surface area contributed by atoms with E-state index < -0.39 is 0 Å². The van der Waals surface area contributed by atoms with Gasteiger partial charge in [-0.25, -0.2) is 0 Å². The largest absolute Gasteiger partial charge is 0.382 e. The molecule has 1 heterocycles. The normalized spacial score (nSPS) is 15.0. The van der Waals surface area contributed by atoms with Crippen molar-refractivity contribution in [1.82, 2.24) is 15.1 Å². The zero-order chi connectivity index (χ0) is 12.3. The van der Waals surface area contributed by atoms with Gasteiger partial charge < -0.3 is 10.6 Å². The number of aromatic nitrogens is 2. The summed E-state index contributed by atoms with van der Waals surface area (Å²) in [6, 6.07) is 0.414. The van der Waals surface area contributed by atoms with E-state index in [1.165, 1.54) is 0 Å². The van der Waals surface area contributed by atoms with Crippen LogP contribution in [-0.4, -0.2) is 28.3 Å². The van der Waals surface area contributed by atoms with Gasteiger partial charge in [0.15, 0.2) is 0 Å². The van der Waals surface area contributed by atoms with Crippen LogP contribution in [-0.2, 0) is 11.3 Å². The lowest BCUT2D eigenvalue weighted by atomic mass is 10.2. The van der Waals surface area contributed by atoms with E-state index in [4.69, 9.17) is 0 Å². The van der Waals surface area contributed by atoms with Crippen LogP contribution in [0.5, 0.6) is 0 Å². The Kier molecular flexibility index (Phi) is 3.66. The third kappa shape index (κ3) is 4.09. The first-order chi connectivity index (χ1) is 8.13. The first kappa shape index (κ1) is 12.0. The number of hydrogen-bond acceptors (Lipinski definition) is 3. The molecule has 1 aromatic heterocycles. The fourth-order valence-corrected chi connectivity index (χ4v) is 1.51. The quantitative estimate of drug-likeness (QED) is 0.781. The van der Waals surface area contributed by atoms with Crippen molar-refractivity contribution in [3.63, 3.8) is 0 Å². The summed E-state index contributed by atoms with van der Waals surface area (Å²) in [6.07, 6.45) is 5.86. The molecular weight excluding hydrogens is 216 g/mol. The van der Waals surface area contributed by atoms with Crippen LogP contribution in [0, 0.1) is 5.92 Å². The minimum atomic E-state index is 0.0472. The van der Waals surface area contributed by atoms with Crippen molar-refractivity contribution in [2.45, 2.75) is 39.3 Å². The summed E-state index contributed by atoms with van der Waals surface area (Å²) in [5.41, 5.74) is 0.970. The lowest BCUT2D eigenvalue weighted by Crippen LogP contribution is -2.29. The van der Waals surface area contributed by atoms with Gasteiger partial charge in [-0.3, -0.25) is 9.48 Å². The lowest BCUT2D eigenvalue weighted by molar-refractivity contribution is -0.122. The highest BCUT2D eigenvalue weighted by Gasteiger charge is 2.23. The van der Waals surface area contributed by atoms with Crippen molar-refractivity contribution in [3.8, 4) is 0 Å². The molecule has 1 saturated carbocycles. The maximum absolute atomic E-state index is 11.5. The second kappa shape index (κ2) is 5.21. The Bertz CT molecular complexity index is 382. The molecule has 1 fully saturated rings. The smallest absolute Gasteiger partial charge is 0.241 e. The van der Waals surface area contributed by atoms with Crippen molar-refractivity contribution in [2.24, 2.45) is 5.92 Å².